The number of hydrogen-bond donors (Lipinski definition) is 12. The number of carbonyl (C=O) groups is 12. The molecule has 6 atom stereocenters. The minimum absolute atomic E-state index is 0.0127. The molecule has 29 heteroatoms. The summed E-state index contributed by atoms with van der Waals surface area (Å²) in [6, 6.07) is -7.83. The van der Waals surface area contributed by atoms with Gasteiger partial charge in [0.2, 0.25) is 47.3 Å². The van der Waals surface area contributed by atoms with Crippen molar-refractivity contribution in [3.63, 3.8) is 0 Å². The fraction of sp³-hybridized carbons (Fsp3) is 0.786. The number of nitrogens with one attached hydrogen (secondary N) is 6. The van der Waals surface area contributed by atoms with E-state index in [9.17, 15) is 78.0 Å². The van der Waals surface area contributed by atoms with Crippen LogP contribution < -0.4 is 37.6 Å². The van der Waals surface area contributed by atoms with Gasteiger partial charge in [0.1, 0.15) is 36.8 Å². The van der Waals surface area contributed by atoms with Gasteiger partial charge in [0, 0.05) is 32.5 Å². The van der Waals surface area contributed by atoms with Gasteiger partial charge in [0.25, 0.3) is 0 Å². The Balaban J connectivity index is 1.81. The van der Waals surface area contributed by atoms with Crippen LogP contribution in [0, 0.1) is 0 Å². The summed E-state index contributed by atoms with van der Waals surface area (Å²) in [5.74, 6) is -10.5. The number of primary amides is 1. The zero-order chi connectivity index (χ0) is 62.9. The third kappa shape index (κ3) is 33.7. The molecule has 0 bridgehead atoms. The molecule has 0 spiro atoms. The lowest BCUT2D eigenvalue weighted by atomic mass is 10.0. The number of carboxylic acid groups (broad SMARTS) is 4. The number of nitrogens with two attached hydrogens (primary N) is 1. The maximum absolute atomic E-state index is 13.9. The van der Waals surface area contributed by atoms with Crippen LogP contribution in [0.5, 0.6) is 0 Å². The number of aliphatic hydroxyl groups is 1. The highest BCUT2D eigenvalue weighted by Crippen LogP contribution is 2.24. The number of unbranched alkanes of at least 4 members (excludes halogenated alkanes) is 13. The Labute approximate surface area is 497 Å². The van der Waals surface area contributed by atoms with Gasteiger partial charge in [-0.25, -0.2) is 0 Å². The lowest BCUT2D eigenvalue weighted by Crippen LogP contribution is -2.60. The molecule has 0 radical (unpaired) electrons. The molecule has 2 fully saturated rings. The van der Waals surface area contributed by atoms with Gasteiger partial charge in [-0.2, -0.15) is 0 Å². The summed E-state index contributed by atoms with van der Waals surface area (Å²) in [6.45, 7) is -0.503. The molecule has 8 amide bonds. The average Bonchev–Trinajstić information content (AvgIpc) is 4.29. The summed E-state index contributed by atoms with van der Waals surface area (Å²) in [6.07, 6.45) is 15.1. The van der Waals surface area contributed by atoms with Crippen molar-refractivity contribution in [2.24, 2.45) is 5.73 Å². The predicted octanol–water partition coefficient (Wildman–Crippen LogP) is -0.414. The minimum atomic E-state index is -1.76. The Kier molecular flexibility index (Phi) is 38.6. The number of amides is 8. The van der Waals surface area contributed by atoms with Crippen LogP contribution in [0.15, 0.2) is 0 Å². The van der Waals surface area contributed by atoms with Crippen molar-refractivity contribution >= 4 is 71.1 Å². The monoisotopic (exact) mass is 1210 g/mol. The number of rotatable bonds is 50. The summed E-state index contributed by atoms with van der Waals surface area (Å²) >= 11 is 0. The second-order valence-corrected chi connectivity index (χ2v) is 21.7. The molecular weight excluding hydrogens is 1120 g/mol. The van der Waals surface area contributed by atoms with Crippen LogP contribution >= 0.6 is 0 Å². The number of aliphatic hydroxyl groups excluding tert-OH is 1. The zero-order valence-corrected chi connectivity index (χ0v) is 49.5. The van der Waals surface area contributed by atoms with Gasteiger partial charge in [0.05, 0.1) is 52.0 Å². The van der Waals surface area contributed by atoms with Gasteiger partial charge >= 0.3 is 23.9 Å². The van der Waals surface area contributed by atoms with Crippen LogP contribution in [0.3, 0.4) is 0 Å². The van der Waals surface area contributed by atoms with Gasteiger partial charge < -0.3 is 77.5 Å². The van der Waals surface area contributed by atoms with Crippen LogP contribution in [-0.4, -0.2) is 234 Å². The smallest absolute Gasteiger partial charge is 0.317 e. The largest absolute Gasteiger partial charge is 0.481 e. The highest BCUT2D eigenvalue weighted by Gasteiger charge is 2.41. The number of nitrogens with zero attached hydrogens (tertiary/aromatic N) is 3. The van der Waals surface area contributed by atoms with E-state index >= 15 is 0 Å². The molecule has 13 N–H and O–H groups in total. The van der Waals surface area contributed by atoms with Gasteiger partial charge in [0.15, 0.2) is 0 Å². The van der Waals surface area contributed by atoms with E-state index < -0.39 is 122 Å². The summed E-state index contributed by atoms with van der Waals surface area (Å²) in [7, 11) is 1.80. The van der Waals surface area contributed by atoms with E-state index in [1.54, 1.807) is 7.05 Å². The molecule has 0 aliphatic carbocycles. The second kappa shape index (κ2) is 44.0. The van der Waals surface area contributed by atoms with E-state index in [4.69, 9.17) is 20.3 Å². The van der Waals surface area contributed by atoms with Crippen molar-refractivity contribution < 1.29 is 92.5 Å². The quantitative estimate of drug-likeness (QED) is 0.0344. The SMILES string of the molecule is CN1CCC[C@H]1C(=O)N1CCC[C@H]1C(=O)N[C@@H](CC(=O)O)C(=O)N[C@@H](CCCCN(CC(=O)O)CC(=O)O)C(=O)N[C@@H](CO)C(=O)N[C@@H](CCCCNC(=O)COCCOCCNC(=O)CCCCCCCCCCCCCCC(=O)O)C(N)=O. The Morgan fingerprint density at radius 3 is 1.62 bits per heavy atom. The topological polar surface area (TPSA) is 432 Å². The van der Waals surface area contributed by atoms with Crippen LogP contribution in [0.25, 0.3) is 0 Å². The number of likely N-dealkylation sites (tertiary alicyclic amines) is 2. The molecule has 29 nitrogen and oxygen atoms in total. The Hall–Kier alpha value is -6.56. The van der Waals surface area contributed by atoms with E-state index in [0.717, 1.165) is 62.7 Å². The first kappa shape index (κ1) is 74.5. The maximum Gasteiger partial charge on any atom is 0.317 e. The molecule has 2 aliphatic rings. The molecule has 2 saturated heterocycles. The normalized spacial score (nSPS) is 16.4. The van der Waals surface area contributed by atoms with Gasteiger partial charge in [-0.1, -0.05) is 64.2 Å². The number of carboxylic acids is 4. The zero-order valence-electron chi connectivity index (χ0n) is 49.5. The molecule has 2 heterocycles. The van der Waals surface area contributed by atoms with Crippen molar-refractivity contribution in [3.8, 4) is 0 Å². The third-order valence-corrected chi connectivity index (χ3v) is 14.7. The lowest BCUT2D eigenvalue weighted by molar-refractivity contribution is -0.144. The van der Waals surface area contributed by atoms with Crippen LogP contribution in [0.1, 0.15) is 161 Å². The first-order valence-electron chi connectivity index (χ1n) is 30.0. The van der Waals surface area contributed by atoms with Crippen molar-refractivity contribution in [3.05, 3.63) is 0 Å². The highest BCUT2D eigenvalue weighted by molar-refractivity contribution is 5.98. The first-order valence-corrected chi connectivity index (χ1v) is 30.0. The standard InChI is InChI=1S/C56H96N10O19/c1-64-28-18-23-44(64)56(83)66-30-19-22-43(66)55(82)62-41(34-48(72)73)53(80)61-40(21-15-17-29-65(35-49(74)75)36-50(76)77)52(79)63-42(37-67)54(81)60-39(51(57)78)20-14-16-26-58-46(69)38-85-33-32-84-31-27-59-45(68)24-12-10-8-6-4-2-3-5-7-9-11-13-25-47(70)71/h39-44,67H,2-38H2,1H3,(H2,57,78)(H,58,69)(H,59,68)(H,60,81)(H,61,80)(H,62,82)(H,63,79)(H,70,71)(H,72,73)(H,74,75)(H,76,77)/t39-,40-,41-,42-,43-,44-/m0/s1. The second-order valence-electron chi connectivity index (χ2n) is 21.7. The molecule has 85 heavy (non-hydrogen) atoms. The summed E-state index contributed by atoms with van der Waals surface area (Å²) in [5, 5.41) is 62.2. The first-order chi connectivity index (χ1) is 40.6. The minimum Gasteiger partial charge on any atom is -0.481 e. The van der Waals surface area contributed by atoms with Crippen molar-refractivity contribution in [1.82, 2.24) is 46.6 Å². The number of ether oxygens (including phenoxy) is 2. The molecule has 0 aromatic carbocycles. The van der Waals surface area contributed by atoms with Crippen LogP contribution in [0.4, 0.5) is 0 Å². The van der Waals surface area contributed by atoms with E-state index in [1.165, 1.54) is 30.6 Å². The van der Waals surface area contributed by atoms with Crippen molar-refractivity contribution in [2.45, 2.75) is 197 Å². The number of hydrogen-bond acceptors (Lipinski definition) is 17. The van der Waals surface area contributed by atoms with Crippen LogP contribution in [0.2, 0.25) is 0 Å². The molecule has 0 unspecified atom stereocenters. The number of aliphatic carboxylic acids is 4. The maximum atomic E-state index is 13.9. The predicted molar refractivity (Wildman–Crippen MR) is 306 cm³/mol. The van der Waals surface area contributed by atoms with Crippen LogP contribution in [-0.2, 0) is 67.0 Å². The highest BCUT2D eigenvalue weighted by atomic mass is 16.5. The lowest BCUT2D eigenvalue weighted by Gasteiger charge is -2.30. The van der Waals surface area contributed by atoms with Crippen molar-refractivity contribution in [1.29, 1.82) is 0 Å². The van der Waals surface area contributed by atoms with Gasteiger partial charge in [-0.3, -0.25) is 67.3 Å². The van der Waals surface area contributed by atoms with E-state index in [1.807, 2.05) is 4.90 Å². The Bertz CT molecular complexity index is 2110. The molecular formula is C56H96N10O19. The summed E-state index contributed by atoms with van der Waals surface area (Å²) in [4.78, 5) is 155. The fourth-order valence-electron chi connectivity index (χ4n) is 10.0. The Morgan fingerprint density at radius 1 is 0.529 bits per heavy atom. The summed E-state index contributed by atoms with van der Waals surface area (Å²) < 4.78 is 10.8. The van der Waals surface area contributed by atoms with E-state index in [-0.39, 0.29) is 103 Å². The number of carbonyl (C=O) groups excluding carboxylic acids is 8. The molecule has 0 aromatic rings. The molecule has 0 saturated carbocycles. The Morgan fingerprint density at radius 2 is 1.05 bits per heavy atom. The molecule has 2 aliphatic heterocycles. The molecule has 484 valence electrons. The van der Waals surface area contributed by atoms with Gasteiger partial charge in [-0.15, -0.1) is 0 Å². The summed E-state index contributed by atoms with van der Waals surface area (Å²) in [5.41, 5.74) is 5.57. The average molecular weight is 1210 g/mol. The van der Waals surface area contributed by atoms with E-state index in [2.05, 4.69) is 31.9 Å². The number of likely N-dealkylation sites (N-methyl/N-ethyl adjacent to an activating group) is 1. The third-order valence-electron chi connectivity index (χ3n) is 14.7. The van der Waals surface area contributed by atoms with Crippen molar-refractivity contribution in [2.75, 3.05) is 85.9 Å². The molecule has 0 aromatic heterocycles. The molecule has 2 rings (SSSR count). The van der Waals surface area contributed by atoms with Gasteiger partial charge in [-0.05, 0) is 97.2 Å². The van der Waals surface area contributed by atoms with E-state index in [0.29, 0.717) is 38.8 Å². The fourth-order valence-corrected chi connectivity index (χ4v) is 10.0.